The molecule has 200 valence electrons. The fraction of sp³-hybridized carbons (Fsp3) is 0.385. The molecule has 2 aromatic heterocycles. The predicted octanol–water partition coefficient (Wildman–Crippen LogP) is 1.86. The number of likely N-dealkylation sites (tertiary alicyclic amines) is 1. The molecule has 2 aliphatic heterocycles. The van der Waals surface area contributed by atoms with E-state index in [2.05, 4.69) is 42.1 Å². The molecule has 0 bridgehead atoms. The zero-order valence-electron chi connectivity index (χ0n) is 21.6. The number of methoxy groups -OCH3 is 1. The van der Waals surface area contributed by atoms with Gasteiger partial charge in [-0.2, -0.15) is 10.1 Å². The third kappa shape index (κ3) is 5.62. The number of hydrogen-bond donors (Lipinski definition) is 3. The van der Waals surface area contributed by atoms with Crippen LogP contribution in [0.2, 0.25) is 0 Å². The summed E-state index contributed by atoms with van der Waals surface area (Å²) in [6.45, 7) is 10.2. The predicted molar refractivity (Wildman–Crippen MR) is 143 cm³/mol. The number of carbonyl (C=O) groups excluding carboxylic acids is 1. The molecular formula is C26H32N8O4. The largest absolute Gasteiger partial charge is 0.494 e. The highest BCUT2D eigenvalue weighted by Gasteiger charge is 2.25. The van der Waals surface area contributed by atoms with E-state index in [-0.39, 0.29) is 12.0 Å². The summed E-state index contributed by atoms with van der Waals surface area (Å²) in [6.07, 6.45) is 4.60. The molecule has 0 unspecified atom stereocenters. The van der Waals surface area contributed by atoms with Crippen molar-refractivity contribution in [2.45, 2.75) is 19.6 Å². The normalized spacial score (nSPS) is 16.1. The number of nitrogens with zero attached hydrogens (tertiary/aromatic N) is 6. The number of aryl methyl sites for hydroxylation is 1. The zero-order chi connectivity index (χ0) is 26.6. The van der Waals surface area contributed by atoms with Crippen LogP contribution in [0.4, 0.5) is 23.0 Å². The number of benzene rings is 1. The fourth-order valence-corrected chi connectivity index (χ4v) is 4.52. The quantitative estimate of drug-likeness (QED) is 0.360. The van der Waals surface area contributed by atoms with Gasteiger partial charge >= 0.3 is 0 Å². The first-order chi connectivity index (χ1) is 18.4. The van der Waals surface area contributed by atoms with Crippen LogP contribution in [0.25, 0.3) is 5.82 Å². The highest BCUT2D eigenvalue weighted by atomic mass is 16.5. The summed E-state index contributed by atoms with van der Waals surface area (Å²) in [4.78, 5) is 25.5. The molecule has 2 saturated heterocycles. The highest BCUT2D eigenvalue weighted by molar-refractivity contribution is 6.02. The van der Waals surface area contributed by atoms with Crippen molar-refractivity contribution in [3.63, 3.8) is 0 Å². The summed E-state index contributed by atoms with van der Waals surface area (Å²) in [5.74, 6) is 1.21. The molecule has 12 nitrogen and oxygen atoms in total. The van der Waals surface area contributed by atoms with Crippen molar-refractivity contribution in [1.82, 2.24) is 24.6 Å². The number of aromatic nitrogens is 4. The number of ether oxygens (including phenoxy) is 2. The van der Waals surface area contributed by atoms with Gasteiger partial charge in [-0.3, -0.25) is 9.69 Å². The molecule has 1 aromatic carbocycles. The van der Waals surface area contributed by atoms with Crippen LogP contribution in [-0.2, 0) is 16.1 Å². The SMILES string of the molecule is C=CC(=O)Nc1cc(Nc2nccc(-n3cc(CN4CC(O)C4)c(C)n3)n2)c(OC)cc1N1CCOCC1. The van der Waals surface area contributed by atoms with Crippen LogP contribution < -0.4 is 20.3 Å². The second-order valence-electron chi connectivity index (χ2n) is 9.26. The lowest BCUT2D eigenvalue weighted by Crippen LogP contribution is -2.49. The summed E-state index contributed by atoms with van der Waals surface area (Å²) in [5.41, 5.74) is 4.01. The van der Waals surface area contributed by atoms with Crippen LogP contribution in [0.1, 0.15) is 11.3 Å². The van der Waals surface area contributed by atoms with Crippen molar-refractivity contribution in [2.75, 3.05) is 62.0 Å². The molecule has 0 radical (unpaired) electrons. The smallest absolute Gasteiger partial charge is 0.247 e. The molecule has 0 saturated carbocycles. The van der Waals surface area contributed by atoms with Gasteiger partial charge in [0.15, 0.2) is 5.82 Å². The Labute approximate surface area is 220 Å². The summed E-state index contributed by atoms with van der Waals surface area (Å²) >= 11 is 0. The third-order valence-corrected chi connectivity index (χ3v) is 6.57. The van der Waals surface area contributed by atoms with E-state index in [1.54, 1.807) is 30.1 Å². The first-order valence-corrected chi connectivity index (χ1v) is 12.5. The van der Waals surface area contributed by atoms with Crippen LogP contribution >= 0.6 is 0 Å². The van der Waals surface area contributed by atoms with E-state index in [4.69, 9.17) is 9.47 Å². The Morgan fingerprint density at radius 1 is 1.29 bits per heavy atom. The number of aliphatic hydroxyl groups excluding tert-OH is 1. The van der Waals surface area contributed by atoms with E-state index in [1.807, 2.05) is 19.2 Å². The van der Waals surface area contributed by atoms with Crippen molar-refractivity contribution in [1.29, 1.82) is 0 Å². The standard InChI is InChI=1S/C26H32N8O4/c1-4-25(36)28-20-11-21(23(37-3)12-22(20)33-7-9-38-10-8-33)29-26-27-6-5-24(30-26)34-14-18(17(2)31-34)13-32-15-19(35)16-32/h4-6,11-12,14,19,35H,1,7-10,13,15-16H2,2-3H3,(H,28,36)(H,27,29,30). The molecule has 2 aliphatic rings. The first kappa shape index (κ1) is 25.6. The minimum Gasteiger partial charge on any atom is -0.494 e. The summed E-state index contributed by atoms with van der Waals surface area (Å²) in [5, 5.41) is 20.3. The molecule has 4 heterocycles. The third-order valence-electron chi connectivity index (χ3n) is 6.57. The Hall–Kier alpha value is -4.00. The lowest BCUT2D eigenvalue weighted by molar-refractivity contribution is -0.111. The summed E-state index contributed by atoms with van der Waals surface area (Å²) in [6, 6.07) is 5.47. The molecule has 0 atom stereocenters. The molecule has 3 aromatic rings. The van der Waals surface area contributed by atoms with Crippen molar-refractivity contribution < 1.29 is 19.4 Å². The highest BCUT2D eigenvalue weighted by Crippen LogP contribution is 2.38. The average molecular weight is 521 g/mol. The van der Waals surface area contributed by atoms with Gasteiger partial charge in [0, 0.05) is 62.8 Å². The van der Waals surface area contributed by atoms with Gasteiger partial charge < -0.3 is 30.1 Å². The van der Waals surface area contributed by atoms with E-state index in [9.17, 15) is 9.90 Å². The maximum atomic E-state index is 12.2. The number of β-amino-alcohol motifs (C(OH)–C–C–N with tert-alkyl or cyclic N) is 1. The van der Waals surface area contributed by atoms with Crippen LogP contribution in [0.15, 0.2) is 43.2 Å². The first-order valence-electron chi connectivity index (χ1n) is 12.5. The van der Waals surface area contributed by atoms with E-state index >= 15 is 0 Å². The minimum atomic E-state index is -0.313. The van der Waals surface area contributed by atoms with Crippen molar-refractivity contribution in [3.8, 4) is 11.6 Å². The Morgan fingerprint density at radius 3 is 2.79 bits per heavy atom. The van der Waals surface area contributed by atoms with E-state index in [1.165, 1.54) is 6.08 Å². The Balaban J connectivity index is 1.41. The molecular weight excluding hydrogens is 488 g/mol. The average Bonchev–Trinajstić information content (AvgIpc) is 3.28. The second-order valence-corrected chi connectivity index (χ2v) is 9.26. The van der Waals surface area contributed by atoms with Crippen LogP contribution in [-0.4, -0.2) is 88.3 Å². The van der Waals surface area contributed by atoms with Crippen LogP contribution in [0.3, 0.4) is 0 Å². The lowest BCUT2D eigenvalue weighted by atomic mass is 10.1. The zero-order valence-corrected chi connectivity index (χ0v) is 21.6. The number of amides is 1. The number of aliphatic hydroxyl groups is 1. The number of rotatable bonds is 9. The maximum absolute atomic E-state index is 12.2. The number of carbonyl (C=O) groups is 1. The van der Waals surface area contributed by atoms with Crippen molar-refractivity contribution >= 4 is 28.9 Å². The maximum Gasteiger partial charge on any atom is 0.247 e. The molecule has 1 amide bonds. The van der Waals surface area contributed by atoms with E-state index in [0.717, 1.165) is 23.5 Å². The molecule has 38 heavy (non-hydrogen) atoms. The summed E-state index contributed by atoms with van der Waals surface area (Å²) in [7, 11) is 1.59. The van der Waals surface area contributed by atoms with Gasteiger partial charge in [-0.25, -0.2) is 9.67 Å². The van der Waals surface area contributed by atoms with Gasteiger partial charge in [0.05, 0.1) is 49.2 Å². The molecule has 2 fully saturated rings. The Kier molecular flexibility index (Phi) is 7.54. The monoisotopic (exact) mass is 520 g/mol. The topological polar surface area (TPSA) is 130 Å². The molecule has 12 heteroatoms. The van der Waals surface area contributed by atoms with E-state index in [0.29, 0.717) is 68.3 Å². The van der Waals surface area contributed by atoms with Crippen LogP contribution in [0, 0.1) is 6.92 Å². The molecule has 5 rings (SSSR count). The number of anilines is 4. The lowest BCUT2D eigenvalue weighted by Gasteiger charge is -2.35. The van der Waals surface area contributed by atoms with Crippen molar-refractivity contribution in [3.05, 3.63) is 54.5 Å². The van der Waals surface area contributed by atoms with Gasteiger partial charge in [-0.1, -0.05) is 6.58 Å². The van der Waals surface area contributed by atoms with Gasteiger partial charge in [0.1, 0.15) is 5.75 Å². The van der Waals surface area contributed by atoms with Gasteiger partial charge in [-0.15, -0.1) is 0 Å². The number of morpholine rings is 1. The number of nitrogens with one attached hydrogen (secondary N) is 2. The van der Waals surface area contributed by atoms with Gasteiger partial charge in [-0.05, 0) is 19.1 Å². The Bertz CT molecular complexity index is 1310. The van der Waals surface area contributed by atoms with Gasteiger partial charge in [0.2, 0.25) is 11.9 Å². The molecule has 3 N–H and O–H groups in total. The summed E-state index contributed by atoms with van der Waals surface area (Å²) < 4.78 is 12.9. The van der Waals surface area contributed by atoms with E-state index < -0.39 is 0 Å². The molecule has 0 spiro atoms. The number of hydrogen-bond acceptors (Lipinski definition) is 10. The van der Waals surface area contributed by atoms with Crippen molar-refractivity contribution in [2.24, 2.45) is 0 Å². The van der Waals surface area contributed by atoms with Gasteiger partial charge in [0.25, 0.3) is 0 Å². The fourth-order valence-electron chi connectivity index (χ4n) is 4.52. The Morgan fingerprint density at radius 2 is 2.08 bits per heavy atom. The minimum absolute atomic E-state index is 0.244. The molecule has 0 aliphatic carbocycles. The second kappa shape index (κ2) is 11.2. The van der Waals surface area contributed by atoms with Crippen LogP contribution in [0.5, 0.6) is 5.75 Å².